The van der Waals surface area contributed by atoms with Crippen molar-refractivity contribution >= 4 is 27.5 Å². The highest BCUT2D eigenvalue weighted by atomic mass is 32.1. The van der Waals surface area contributed by atoms with Gasteiger partial charge in [0.1, 0.15) is 10.7 Å². The summed E-state index contributed by atoms with van der Waals surface area (Å²) < 4.78 is 5.16. The van der Waals surface area contributed by atoms with Gasteiger partial charge in [-0.2, -0.15) is 0 Å². The number of carbonyl (C=O) groups is 1. The lowest BCUT2D eigenvalue weighted by Gasteiger charge is -2.30. The zero-order valence-corrected chi connectivity index (χ0v) is 16.6. The molecule has 0 spiro atoms. The average molecular weight is 398 g/mol. The molecule has 3 aromatic rings. The molecule has 0 aliphatic carbocycles. The van der Waals surface area contributed by atoms with Crippen LogP contribution in [0.3, 0.4) is 0 Å². The van der Waals surface area contributed by atoms with Crippen LogP contribution in [-0.4, -0.2) is 40.5 Å². The molecule has 1 fully saturated rings. The van der Waals surface area contributed by atoms with Gasteiger partial charge in [0.15, 0.2) is 0 Å². The summed E-state index contributed by atoms with van der Waals surface area (Å²) in [5.74, 6) is 0.411. The summed E-state index contributed by atoms with van der Waals surface area (Å²) in [5.41, 5.74) is 1.82. The molecule has 146 valence electrons. The summed E-state index contributed by atoms with van der Waals surface area (Å²) in [7, 11) is 0. The molecule has 0 bridgehead atoms. The van der Waals surface area contributed by atoms with E-state index in [0.29, 0.717) is 30.9 Å². The lowest BCUT2D eigenvalue weighted by molar-refractivity contribution is -0.150. The smallest absolute Gasteiger partial charge is 0.310 e. The standard InChI is InChI=1S/C21H23N3O3S/c1-2-27-21(26)15-9-6-10-24(11-15)12-17-22-19(25)18-16(13-28-20(18)23-17)14-7-4-3-5-8-14/h3-5,7-8,13,15H,2,6,9-12H2,1H3,(H,22,23,25)/t15-/m0/s1. The van der Waals surface area contributed by atoms with Gasteiger partial charge in [0, 0.05) is 17.5 Å². The first kappa shape index (κ1) is 18.8. The van der Waals surface area contributed by atoms with Crippen LogP contribution in [-0.2, 0) is 16.1 Å². The summed E-state index contributed by atoms with van der Waals surface area (Å²) in [5, 5.41) is 2.63. The maximum absolute atomic E-state index is 12.8. The lowest BCUT2D eigenvalue weighted by Crippen LogP contribution is -2.39. The Morgan fingerprint density at radius 1 is 1.36 bits per heavy atom. The van der Waals surface area contributed by atoms with Crippen molar-refractivity contribution in [2.24, 2.45) is 5.92 Å². The van der Waals surface area contributed by atoms with Crippen LogP contribution in [0.2, 0.25) is 0 Å². The average Bonchev–Trinajstić information content (AvgIpc) is 3.14. The number of hydrogen-bond acceptors (Lipinski definition) is 6. The molecule has 1 N–H and O–H groups in total. The summed E-state index contributed by atoms with van der Waals surface area (Å²) in [6.45, 7) is 4.29. The van der Waals surface area contributed by atoms with E-state index in [-0.39, 0.29) is 17.4 Å². The minimum absolute atomic E-state index is 0.101. The Hall–Kier alpha value is -2.51. The van der Waals surface area contributed by atoms with Crippen LogP contribution in [0.1, 0.15) is 25.6 Å². The number of nitrogens with zero attached hydrogens (tertiary/aromatic N) is 2. The van der Waals surface area contributed by atoms with Crippen LogP contribution in [0.25, 0.3) is 21.3 Å². The molecule has 0 unspecified atom stereocenters. The molecule has 1 aromatic carbocycles. The molecule has 0 saturated carbocycles. The number of nitrogens with one attached hydrogen (secondary N) is 1. The van der Waals surface area contributed by atoms with E-state index >= 15 is 0 Å². The van der Waals surface area contributed by atoms with E-state index in [0.717, 1.165) is 35.3 Å². The molecule has 1 aliphatic heterocycles. The maximum Gasteiger partial charge on any atom is 0.310 e. The molecular weight excluding hydrogens is 374 g/mol. The molecular formula is C21H23N3O3S. The molecule has 1 saturated heterocycles. The quantitative estimate of drug-likeness (QED) is 0.668. The first-order valence-corrected chi connectivity index (χ1v) is 10.5. The number of likely N-dealkylation sites (tertiary alicyclic amines) is 1. The van der Waals surface area contributed by atoms with Gasteiger partial charge >= 0.3 is 5.97 Å². The summed E-state index contributed by atoms with van der Waals surface area (Å²) in [4.78, 5) is 35.4. The van der Waals surface area contributed by atoms with E-state index in [4.69, 9.17) is 4.74 Å². The number of H-pyrrole nitrogens is 1. The summed E-state index contributed by atoms with van der Waals surface area (Å²) >= 11 is 1.49. The normalized spacial score (nSPS) is 17.7. The molecule has 4 rings (SSSR count). The number of aromatic amines is 1. The SMILES string of the molecule is CCOC(=O)[C@H]1CCCN(Cc2nc3scc(-c4ccccc4)c3c(=O)[nH]2)C1. The van der Waals surface area contributed by atoms with Crippen molar-refractivity contribution in [3.05, 3.63) is 51.9 Å². The van der Waals surface area contributed by atoms with Crippen molar-refractivity contribution < 1.29 is 9.53 Å². The second-order valence-corrected chi connectivity index (χ2v) is 7.89. The van der Waals surface area contributed by atoms with Crippen molar-refractivity contribution in [2.75, 3.05) is 19.7 Å². The highest BCUT2D eigenvalue weighted by Gasteiger charge is 2.27. The first-order valence-electron chi connectivity index (χ1n) is 9.60. The third-order valence-corrected chi connectivity index (χ3v) is 5.95. The Bertz CT molecular complexity index is 1030. The van der Waals surface area contributed by atoms with Gasteiger partial charge in [-0.1, -0.05) is 30.3 Å². The second kappa shape index (κ2) is 8.24. The van der Waals surface area contributed by atoms with Gasteiger partial charge in [-0.25, -0.2) is 4.98 Å². The van der Waals surface area contributed by atoms with Crippen molar-refractivity contribution in [3.8, 4) is 11.1 Å². The topological polar surface area (TPSA) is 75.3 Å². The van der Waals surface area contributed by atoms with E-state index in [1.54, 1.807) is 0 Å². The third kappa shape index (κ3) is 3.86. The number of rotatable bonds is 5. The van der Waals surface area contributed by atoms with E-state index in [2.05, 4.69) is 14.9 Å². The molecule has 1 atom stereocenters. The number of hydrogen-bond donors (Lipinski definition) is 1. The minimum Gasteiger partial charge on any atom is -0.466 e. The Labute approximate surface area is 167 Å². The van der Waals surface area contributed by atoms with Crippen molar-refractivity contribution in [3.63, 3.8) is 0 Å². The Balaban J connectivity index is 1.56. The number of piperidine rings is 1. The summed E-state index contributed by atoms with van der Waals surface area (Å²) in [6, 6.07) is 9.88. The predicted molar refractivity (Wildman–Crippen MR) is 110 cm³/mol. The van der Waals surface area contributed by atoms with Crippen LogP contribution in [0.15, 0.2) is 40.5 Å². The maximum atomic E-state index is 12.8. The fourth-order valence-corrected chi connectivity index (χ4v) is 4.73. The second-order valence-electron chi connectivity index (χ2n) is 7.03. The van der Waals surface area contributed by atoms with Gasteiger partial charge in [0.05, 0.1) is 24.5 Å². The van der Waals surface area contributed by atoms with Crippen LogP contribution in [0.5, 0.6) is 0 Å². The summed E-state index contributed by atoms with van der Waals surface area (Å²) in [6.07, 6.45) is 1.79. The highest BCUT2D eigenvalue weighted by molar-refractivity contribution is 7.17. The molecule has 0 amide bonds. The van der Waals surface area contributed by atoms with Crippen LogP contribution in [0, 0.1) is 5.92 Å². The van der Waals surface area contributed by atoms with Crippen LogP contribution < -0.4 is 5.56 Å². The van der Waals surface area contributed by atoms with E-state index in [1.165, 1.54) is 11.3 Å². The van der Waals surface area contributed by atoms with Crippen molar-refractivity contribution in [1.29, 1.82) is 0 Å². The Morgan fingerprint density at radius 3 is 2.96 bits per heavy atom. The number of benzene rings is 1. The van der Waals surface area contributed by atoms with Gasteiger partial charge in [0.2, 0.25) is 0 Å². The number of thiophene rings is 1. The number of esters is 1. The molecule has 1 aliphatic rings. The Kier molecular flexibility index (Phi) is 5.54. The lowest BCUT2D eigenvalue weighted by atomic mass is 9.98. The monoisotopic (exact) mass is 397 g/mol. The zero-order valence-electron chi connectivity index (χ0n) is 15.8. The van der Waals surface area contributed by atoms with Gasteiger partial charge < -0.3 is 9.72 Å². The van der Waals surface area contributed by atoms with Gasteiger partial charge in [-0.05, 0) is 31.9 Å². The predicted octanol–water partition coefficient (Wildman–Crippen LogP) is 3.43. The highest BCUT2D eigenvalue weighted by Crippen LogP contribution is 2.30. The number of ether oxygens (including phenoxy) is 1. The number of aromatic nitrogens is 2. The third-order valence-electron chi connectivity index (χ3n) is 5.08. The van der Waals surface area contributed by atoms with Crippen molar-refractivity contribution in [1.82, 2.24) is 14.9 Å². The molecule has 2 aromatic heterocycles. The van der Waals surface area contributed by atoms with Crippen LogP contribution in [0.4, 0.5) is 0 Å². The number of fused-ring (bicyclic) bond motifs is 1. The van der Waals surface area contributed by atoms with Gasteiger partial charge in [-0.3, -0.25) is 14.5 Å². The van der Waals surface area contributed by atoms with Crippen molar-refractivity contribution in [2.45, 2.75) is 26.3 Å². The Morgan fingerprint density at radius 2 is 2.18 bits per heavy atom. The molecule has 28 heavy (non-hydrogen) atoms. The van der Waals surface area contributed by atoms with Gasteiger partial charge in [-0.15, -0.1) is 11.3 Å². The molecule has 7 heteroatoms. The van der Waals surface area contributed by atoms with Gasteiger partial charge in [0.25, 0.3) is 5.56 Å². The zero-order chi connectivity index (χ0) is 19.5. The molecule has 3 heterocycles. The van der Waals surface area contributed by atoms with E-state index in [9.17, 15) is 9.59 Å². The largest absolute Gasteiger partial charge is 0.466 e. The number of carbonyl (C=O) groups excluding carboxylic acids is 1. The van der Waals surface area contributed by atoms with E-state index in [1.807, 2.05) is 42.6 Å². The fraction of sp³-hybridized carbons (Fsp3) is 0.381. The fourth-order valence-electron chi connectivity index (χ4n) is 3.76. The molecule has 0 radical (unpaired) electrons. The van der Waals surface area contributed by atoms with Crippen LogP contribution >= 0.6 is 11.3 Å². The van der Waals surface area contributed by atoms with E-state index < -0.39 is 0 Å². The first-order chi connectivity index (χ1) is 13.7. The molecule has 6 nitrogen and oxygen atoms in total. The minimum atomic E-state index is -0.130.